The van der Waals surface area contributed by atoms with Gasteiger partial charge in [-0.3, -0.25) is 0 Å². The summed E-state index contributed by atoms with van der Waals surface area (Å²) in [6.45, 7) is -0.180. The summed E-state index contributed by atoms with van der Waals surface area (Å²) in [6.07, 6.45) is -2.68. The number of benzene rings is 1. The first-order valence-corrected chi connectivity index (χ1v) is 7.87. The van der Waals surface area contributed by atoms with Crippen LogP contribution in [0.1, 0.15) is 5.69 Å². The van der Waals surface area contributed by atoms with Crippen molar-refractivity contribution in [2.24, 2.45) is 0 Å². The number of rotatable bonds is 6. The van der Waals surface area contributed by atoms with Crippen molar-refractivity contribution in [1.29, 1.82) is 0 Å². The molecule has 0 radical (unpaired) electrons. The third-order valence-electron chi connectivity index (χ3n) is 2.75. The molecule has 0 spiro atoms. The van der Waals surface area contributed by atoms with Crippen molar-refractivity contribution in [3.63, 3.8) is 0 Å². The first-order valence-electron chi connectivity index (χ1n) is 6.64. The van der Waals surface area contributed by atoms with Crippen LogP contribution in [-0.4, -0.2) is 34.5 Å². The maximum absolute atomic E-state index is 12.9. The van der Waals surface area contributed by atoms with Gasteiger partial charge in [0.1, 0.15) is 5.82 Å². The van der Waals surface area contributed by atoms with Gasteiger partial charge >= 0.3 is 6.18 Å². The topological polar surface area (TPSA) is 70.1 Å². The number of nitrogens with one attached hydrogen (secondary N) is 2. The summed E-state index contributed by atoms with van der Waals surface area (Å²) in [5, 5.41) is 14.1. The highest BCUT2D eigenvalue weighted by atomic mass is 32.2. The van der Waals surface area contributed by atoms with Crippen molar-refractivity contribution in [1.82, 2.24) is 9.97 Å². The smallest absolute Gasteiger partial charge is 0.395 e. The van der Waals surface area contributed by atoms with E-state index in [1.54, 1.807) is 18.2 Å². The first kappa shape index (κ1) is 17.4. The van der Waals surface area contributed by atoms with Crippen LogP contribution in [0.5, 0.6) is 0 Å². The summed E-state index contributed by atoms with van der Waals surface area (Å²) < 4.78 is 38.8. The second kappa shape index (κ2) is 7.51. The molecule has 0 atom stereocenters. The Morgan fingerprint density at radius 1 is 1.22 bits per heavy atom. The second-order valence-electron chi connectivity index (χ2n) is 4.47. The van der Waals surface area contributed by atoms with E-state index < -0.39 is 11.9 Å². The average Bonchev–Trinajstić information content (AvgIpc) is 2.52. The Labute approximate surface area is 135 Å². The molecule has 0 fully saturated rings. The fraction of sp³-hybridized carbons (Fsp3) is 0.286. The van der Waals surface area contributed by atoms with E-state index in [1.807, 2.05) is 12.3 Å². The Kier molecular flexibility index (Phi) is 5.67. The van der Waals surface area contributed by atoms with E-state index in [1.165, 1.54) is 11.8 Å². The number of nitrogens with zero attached hydrogens (tertiary/aromatic N) is 2. The Bertz CT molecular complexity index is 667. The average molecular weight is 344 g/mol. The van der Waals surface area contributed by atoms with Gasteiger partial charge in [-0.25, -0.2) is 4.98 Å². The van der Waals surface area contributed by atoms with Crippen LogP contribution in [0.3, 0.4) is 0 Å². The van der Waals surface area contributed by atoms with Gasteiger partial charge in [0.05, 0.1) is 6.61 Å². The highest BCUT2D eigenvalue weighted by molar-refractivity contribution is 7.98. The number of anilines is 3. The van der Waals surface area contributed by atoms with Crippen molar-refractivity contribution in [3.8, 4) is 0 Å². The van der Waals surface area contributed by atoms with Crippen LogP contribution in [0.2, 0.25) is 0 Å². The lowest BCUT2D eigenvalue weighted by Crippen LogP contribution is -2.15. The van der Waals surface area contributed by atoms with Crippen LogP contribution in [-0.2, 0) is 6.18 Å². The molecule has 0 aliphatic carbocycles. The Morgan fingerprint density at radius 3 is 2.65 bits per heavy atom. The third-order valence-corrected chi connectivity index (χ3v) is 3.48. The van der Waals surface area contributed by atoms with E-state index in [-0.39, 0.29) is 24.9 Å². The molecule has 3 N–H and O–H groups in total. The molecule has 1 aromatic carbocycles. The quantitative estimate of drug-likeness (QED) is 0.698. The van der Waals surface area contributed by atoms with Gasteiger partial charge < -0.3 is 15.7 Å². The maximum atomic E-state index is 12.9. The van der Waals surface area contributed by atoms with Gasteiger partial charge in [-0.05, 0) is 24.5 Å². The number of halogens is 3. The number of aliphatic hydroxyl groups is 1. The van der Waals surface area contributed by atoms with E-state index >= 15 is 0 Å². The summed E-state index contributed by atoms with van der Waals surface area (Å²) in [6, 6.07) is 8.07. The van der Waals surface area contributed by atoms with E-state index in [4.69, 9.17) is 5.11 Å². The fourth-order valence-electron chi connectivity index (χ4n) is 1.75. The molecular formula is C14H15F3N4OS. The number of hydrogen-bond donors (Lipinski definition) is 3. The Hall–Kier alpha value is -2.00. The zero-order valence-electron chi connectivity index (χ0n) is 12.2. The lowest BCUT2D eigenvalue weighted by atomic mass is 10.3. The molecule has 1 heterocycles. The molecule has 0 saturated carbocycles. The lowest BCUT2D eigenvalue weighted by Gasteiger charge is -2.12. The monoisotopic (exact) mass is 344 g/mol. The van der Waals surface area contributed by atoms with E-state index in [9.17, 15) is 13.2 Å². The Morgan fingerprint density at radius 2 is 2.00 bits per heavy atom. The van der Waals surface area contributed by atoms with Crippen LogP contribution in [0.25, 0.3) is 0 Å². The highest BCUT2D eigenvalue weighted by Gasteiger charge is 2.33. The minimum absolute atomic E-state index is 0.0195. The molecule has 9 heteroatoms. The standard InChI is InChI=1S/C14H15F3N4OS/c1-23-10-4-2-3-9(7-10)19-12-8-11(14(15,16)17)20-13(21-12)18-5-6-22/h2-4,7-8,22H,5-6H2,1H3,(H2,18,19,20,21). The molecule has 5 nitrogen and oxygen atoms in total. The maximum Gasteiger partial charge on any atom is 0.433 e. The van der Waals surface area contributed by atoms with Crippen molar-refractivity contribution < 1.29 is 18.3 Å². The first-order chi connectivity index (χ1) is 10.9. The van der Waals surface area contributed by atoms with Crippen LogP contribution in [0.15, 0.2) is 35.2 Å². The lowest BCUT2D eigenvalue weighted by molar-refractivity contribution is -0.141. The summed E-state index contributed by atoms with van der Waals surface area (Å²) in [4.78, 5) is 8.37. The van der Waals surface area contributed by atoms with Gasteiger partial charge in [0.2, 0.25) is 5.95 Å². The predicted molar refractivity (Wildman–Crippen MR) is 84.1 cm³/mol. The zero-order chi connectivity index (χ0) is 16.9. The summed E-state index contributed by atoms with van der Waals surface area (Å²) in [5.41, 5.74) is -0.437. The molecule has 0 unspecified atom stereocenters. The number of alkyl halides is 3. The molecule has 0 bridgehead atoms. The second-order valence-corrected chi connectivity index (χ2v) is 5.35. The van der Waals surface area contributed by atoms with Crippen molar-refractivity contribution in [2.75, 3.05) is 30.0 Å². The number of aliphatic hydroxyl groups excluding tert-OH is 1. The summed E-state index contributed by atoms with van der Waals surface area (Å²) >= 11 is 1.52. The SMILES string of the molecule is CSc1cccc(Nc2cc(C(F)(F)F)nc(NCCO)n2)c1. The van der Waals surface area contributed by atoms with Gasteiger partial charge in [-0.1, -0.05) is 6.07 Å². The summed E-state index contributed by atoms with van der Waals surface area (Å²) in [7, 11) is 0. The molecule has 0 amide bonds. The predicted octanol–water partition coefficient (Wildman–Crippen LogP) is 3.37. The van der Waals surface area contributed by atoms with Crippen LogP contribution >= 0.6 is 11.8 Å². The number of thioether (sulfide) groups is 1. The van der Waals surface area contributed by atoms with E-state index in [0.717, 1.165) is 11.0 Å². The summed E-state index contributed by atoms with van der Waals surface area (Å²) in [5.74, 6) is -0.177. The van der Waals surface area contributed by atoms with Crippen molar-refractivity contribution in [2.45, 2.75) is 11.1 Å². The Balaban J connectivity index is 2.32. The van der Waals surface area contributed by atoms with E-state index in [2.05, 4.69) is 20.6 Å². The molecule has 23 heavy (non-hydrogen) atoms. The molecule has 2 rings (SSSR count). The van der Waals surface area contributed by atoms with Gasteiger partial charge in [-0.2, -0.15) is 18.2 Å². The number of aromatic nitrogens is 2. The van der Waals surface area contributed by atoms with Crippen molar-refractivity contribution >= 4 is 29.2 Å². The molecule has 0 aliphatic heterocycles. The van der Waals surface area contributed by atoms with Crippen LogP contribution in [0, 0.1) is 0 Å². The molecule has 124 valence electrons. The molecule has 0 aliphatic rings. The minimum Gasteiger partial charge on any atom is -0.395 e. The van der Waals surface area contributed by atoms with Gasteiger partial charge in [0, 0.05) is 23.2 Å². The minimum atomic E-state index is -4.59. The number of hydrogen-bond acceptors (Lipinski definition) is 6. The third kappa shape index (κ3) is 5.00. The normalized spacial score (nSPS) is 11.3. The fourth-order valence-corrected chi connectivity index (χ4v) is 2.21. The largest absolute Gasteiger partial charge is 0.433 e. The van der Waals surface area contributed by atoms with Gasteiger partial charge in [-0.15, -0.1) is 11.8 Å². The highest BCUT2D eigenvalue weighted by Crippen LogP contribution is 2.30. The molecule has 0 saturated heterocycles. The van der Waals surface area contributed by atoms with Crippen molar-refractivity contribution in [3.05, 3.63) is 36.0 Å². The van der Waals surface area contributed by atoms with E-state index in [0.29, 0.717) is 5.69 Å². The van der Waals surface area contributed by atoms with Crippen LogP contribution < -0.4 is 10.6 Å². The molecule has 1 aromatic heterocycles. The zero-order valence-corrected chi connectivity index (χ0v) is 13.0. The molecule has 2 aromatic rings. The van der Waals surface area contributed by atoms with Crippen LogP contribution in [0.4, 0.5) is 30.6 Å². The van der Waals surface area contributed by atoms with Gasteiger partial charge in [0.15, 0.2) is 5.69 Å². The van der Waals surface area contributed by atoms with Gasteiger partial charge in [0.25, 0.3) is 0 Å². The molecular weight excluding hydrogens is 329 g/mol.